The zero-order valence-electron chi connectivity index (χ0n) is 13.5. The van der Waals surface area contributed by atoms with E-state index >= 15 is 0 Å². The van der Waals surface area contributed by atoms with Gasteiger partial charge in [0.05, 0.1) is 6.33 Å². The molecule has 23 heavy (non-hydrogen) atoms. The molecule has 0 aliphatic rings. The van der Waals surface area contributed by atoms with Gasteiger partial charge in [0.1, 0.15) is 0 Å². The molecule has 118 valence electrons. The van der Waals surface area contributed by atoms with Crippen molar-refractivity contribution in [2.75, 3.05) is 0 Å². The van der Waals surface area contributed by atoms with Crippen molar-refractivity contribution in [2.45, 2.75) is 32.7 Å². The molecule has 0 aliphatic carbocycles. The minimum atomic E-state index is 0.334. The quantitative estimate of drug-likeness (QED) is 0.611. The summed E-state index contributed by atoms with van der Waals surface area (Å²) in [4.78, 5) is 4.38. The van der Waals surface area contributed by atoms with Gasteiger partial charge >= 0.3 is 0 Å². The third-order valence-electron chi connectivity index (χ3n) is 4.26. The monoisotopic (exact) mass is 324 g/mol. The molecule has 0 N–H and O–H groups in total. The number of rotatable bonds is 5. The predicted molar refractivity (Wildman–Crippen MR) is 96.1 cm³/mol. The van der Waals surface area contributed by atoms with E-state index in [1.165, 1.54) is 22.4 Å². The summed E-state index contributed by atoms with van der Waals surface area (Å²) >= 11 is 6.02. The molecule has 3 rings (SSSR count). The summed E-state index contributed by atoms with van der Waals surface area (Å²) in [7, 11) is 0. The summed E-state index contributed by atoms with van der Waals surface area (Å²) in [6.45, 7) is 5.17. The van der Waals surface area contributed by atoms with E-state index in [4.69, 9.17) is 11.6 Å². The first kappa shape index (κ1) is 15.8. The number of aromatic nitrogens is 2. The lowest BCUT2D eigenvalue weighted by Crippen LogP contribution is -2.09. The summed E-state index contributed by atoms with van der Waals surface area (Å²) in [5.41, 5.74) is 5.10. The largest absolute Gasteiger partial charge is 0.330 e. The zero-order valence-corrected chi connectivity index (χ0v) is 14.3. The average Bonchev–Trinajstić information content (AvgIpc) is 3.00. The Bertz CT molecular complexity index is 757. The van der Waals surface area contributed by atoms with Crippen LogP contribution in [0.2, 0.25) is 5.02 Å². The first-order chi connectivity index (χ1) is 11.2. The van der Waals surface area contributed by atoms with E-state index in [0.29, 0.717) is 5.92 Å². The number of benzene rings is 2. The van der Waals surface area contributed by atoms with E-state index in [1.807, 2.05) is 24.7 Å². The fourth-order valence-electron chi connectivity index (χ4n) is 2.95. The average molecular weight is 325 g/mol. The number of aryl methyl sites for hydroxylation is 1. The van der Waals surface area contributed by atoms with Crippen LogP contribution in [0.1, 0.15) is 41.6 Å². The SMILES string of the molecule is CCC(c1ccc(Cl)cc1)c1cncn1Cc1ccc(C)cc1. The molecule has 0 bridgehead atoms. The lowest BCUT2D eigenvalue weighted by atomic mass is 9.93. The maximum atomic E-state index is 6.02. The van der Waals surface area contributed by atoms with E-state index in [0.717, 1.165) is 18.0 Å². The molecule has 3 heteroatoms. The van der Waals surface area contributed by atoms with Crippen LogP contribution in [0.4, 0.5) is 0 Å². The van der Waals surface area contributed by atoms with Crippen molar-refractivity contribution >= 4 is 11.6 Å². The Morgan fingerprint density at radius 3 is 2.39 bits per heavy atom. The van der Waals surface area contributed by atoms with Gasteiger partial charge in [-0.3, -0.25) is 0 Å². The highest BCUT2D eigenvalue weighted by atomic mass is 35.5. The molecule has 3 aromatic rings. The van der Waals surface area contributed by atoms with Crippen LogP contribution in [0, 0.1) is 6.92 Å². The van der Waals surface area contributed by atoms with Crippen molar-refractivity contribution in [2.24, 2.45) is 0 Å². The number of imidazole rings is 1. The van der Waals surface area contributed by atoms with Gasteiger partial charge in [-0.2, -0.15) is 0 Å². The van der Waals surface area contributed by atoms with Crippen LogP contribution in [0.25, 0.3) is 0 Å². The Kier molecular flexibility index (Phi) is 4.82. The molecule has 1 aromatic heterocycles. The number of hydrogen-bond donors (Lipinski definition) is 0. The molecule has 2 aromatic carbocycles. The van der Waals surface area contributed by atoms with Crippen LogP contribution < -0.4 is 0 Å². The number of hydrogen-bond acceptors (Lipinski definition) is 1. The van der Waals surface area contributed by atoms with Gasteiger partial charge in [-0.25, -0.2) is 4.98 Å². The van der Waals surface area contributed by atoms with Gasteiger partial charge in [0.15, 0.2) is 0 Å². The Morgan fingerprint density at radius 1 is 1.04 bits per heavy atom. The van der Waals surface area contributed by atoms with Crippen LogP contribution in [-0.4, -0.2) is 9.55 Å². The van der Waals surface area contributed by atoms with Crippen molar-refractivity contribution in [3.63, 3.8) is 0 Å². The van der Waals surface area contributed by atoms with Crippen molar-refractivity contribution in [1.82, 2.24) is 9.55 Å². The lowest BCUT2D eigenvalue weighted by Gasteiger charge is -2.18. The van der Waals surface area contributed by atoms with E-state index in [9.17, 15) is 0 Å². The normalized spacial score (nSPS) is 12.3. The van der Waals surface area contributed by atoms with Gasteiger partial charge < -0.3 is 4.57 Å². The first-order valence-electron chi connectivity index (χ1n) is 7.98. The highest BCUT2D eigenvalue weighted by Gasteiger charge is 2.16. The van der Waals surface area contributed by atoms with E-state index in [1.54, 1.807) is 0 Å². The molecule has 0 aliphatic heterocycles. The summed E-state index contributed by atoms with van der Waals surface area (Å²) < 4.78 is 2.24. The molecular formula is C20H21ClN2. The summed E-state index contributed by atoms with van der Waals surface area (Å²) in [6, 6.07) is 16.8. The first-order valence-corrected chi connectivity index (χ1v) is 8.36. The van der Waals surface area contributed by atoms with E-state index in [-0.39, 0.29) is 0 Å². The molecule has 1 atom stereocenters. The molecule has 1 heterocycles. The topological polar surface area (TPSA) is 17.8 Å². The van der Waals surface area contributed by atoms with Gasteiger partial charge in [0, 0.05) is 29.4 Å². The van der Waals surface area contributed by atoms with Crippen LogP contribution in [0.15, 0.2) is 61.1 Å². The second kappa shape index (κ2) is 7.01. The third-order valence-corrected chi connectivity index (χ3v) is 4.51. The van der Waals surface area contributed by atoms with Crippen LogP contribution in [0.3, 0.4) is 0 Å². The van der Waals surface area contributed by atoms with E-state index < -0.39 is 0 Å². The molecule has 0 saturated carbocycles. The zero-order chi connectivity index (χ0) is 16.2. The fourth-order valence-corrected chi connectivity index (χ4v) is 3.08. The van der Waals surface area contributed by atoms with Gasteiger partial charge in [0.25, 0.3) is 0 Å². The Morgan fingerprint density at radius 2 is 1.74 bits per heavy atom. The van der Waals surface area contributed by atoms with Crippen molar-refractivity contribution in [1.29, 1.82) is 0 Å². The molecular weight excluding hydrogens is 304 g/mol. The molecule has 0 saturated heterocycles. The predicted octanol–water partition coefficient (Wildman–Crippen LogP) is 5.44. The summed E-state index contributed by atoms with van der Waals surface area (Å²) in [5.74, 6) is 0.334. The number of halogens is 1. The maximum absolute atomic E-state index is 6.02. The Hall–Kier alpha value is -2.06. The van der Waals surface area contributed by atoms with Gasteiger partial charge in [-0.05, 0) is 36.6 Å². The second-order valence-electron chi connectivity index (χ2n) is 5.94. The van der Waals surface area contributed by atoms with Gasteiger partial charge in [0.2, 0.25) is 0 Å². The van der Waals surface area contributed by atoms with Crippen LogP contribution in [-0.2, 0) is 6.54 Å². The smallest absolute Gasteiger partial charge is 0.0951 e. The minimum absolute atomic E-state index is 0.334. The minimum Gasteiger partial charge on any atom is -0.330 e. The maximum Gasteiger partial charge on any atom is 0.0951 e. The fraction of sp³-hybridized carbons (Fsp3) is 0.250. The van der Waals surface area contributed by atoms with Crippen LogP contribution in [0.5, 0.6) is 0 Å². The van der Waals surface area contributed by atoms with Crippen molar-refractivity contribution in [3.05, 3.63) is 88.5 Å². The van der Waals surface area contributed by atoms with Crippen molar-refractivity contribution in [3.8, 4) is 0 Å². The van der Waals surface area contributed by atoms with Gasteiger partial charge in [-0.15, -0.1) is 0 Å². The summed E-state index contributed by atoms with van der Waals surface area (Å²) in [6.07, 6.45) is 4.94. The molecule has 0 radical (unpaired) electrons. The van der Waals surface area contributed by atoms with Crippen LogP contribution >= 0.6 is 11.6 Å². The molecule has 0 fully saturated rings. The molecule has 2 nitrogen and oxygen atoms in total. The Labute approximate surface area is 142 Å². The third kappa shape index (κ3) is 3.65. The Balaban J connectivity index is 1.89. The highest BCUT2D eigenvalue weighted by Crippen LogP contribution is 2.29. The lowest BCUT2D eigenvalue weighted by molar-refractivity contribution is 0.665. The summed E-state index contributed by atoms with van der Waals surface area (Å²) in [5, 5.41) is 0.775. The van der Waals surface area contributed by atoms with E-state index in [2.05, 4.69) is 59.8 Å². The molecule has 0 amide bonds. The second-order valence-corrected chi connectivity index (χ2v) is 6.38. The standard InChI is InChI=1S/C20H21ClN2/c1-3-19(17-8-10-18(21)11-9-17)20-12-22-14-23(20)13-16-6-4-15(2)5-7-16/h4-12,14,19H,3,13H2,1-2H3. The molecule has 0 spiro atoms. The van der Waals surface area contributed by atoms with Gasteiger partial charge in [-0.1, -0.05) is 60.5 Å². The number of nitrogens with zero attached hydrogens (tertiary/aromatic N) is 2. The van der Waals surface area contributed by atoms with Crippen molar-refractivity contribution < 1.29 is 0 Å². The molecule has 1 unspecified atom stereocenters. The highest BCUT2D eigenvalue weighted by molar-refractivity contribution is 6.30.